The molecule has 0 aliphatic heterocycles. The van der Waals surface area contributed by atoms with Crippen LogP contribution in [0.5, 0.6) is 0 Å². The fourth-order valence-corrected chi connectivity index (χ4v) is 2.20. The van der Waals surface area contributed by atoms with E-state index < -0.39 is 5.82 Å². The first-order valence-corrected chi connectivity index (χ1v) is 6.96. The first kappa shape index (κ1) is 15.5. The molecule has 110 valence electrons. The van der Waals surface area contributed by atoms with Crippen molar-refractivity contribution in [3.63, 3.8) is 0 Å². The quantitative estimate of drug-likeness (QED) is 0.892. The summed E-state index contributed by atoms with van der Waals surface area (Å²) in [6, 6.07) is 13.5. The third kappa shape index (κ3) is 4.28. The number of halogens is 2. The Morgan fingerprint density at radius 3 is 2.57 bits per heavy atom. The van der Waals surface area contributed by atoms with Crippen LogP contribution < -0.4 is 11.1 Å². The molecule has 0 radical (unpaired) electrons. The van der Waals surface area contributed by atoms with Gasteiger partial charge in [0.05, 0.1) is 6.42 Å². The highest BCUT2D eigenvalue weighted by molar-refractivity contribution is 6.31. The van der Waals surface area contributed by atoms with Crippen molar-refractivity contribution in [2.75, 3.05) is 6.54 Å². The van der Waals surface area contributed by atoms with Crippen LogP contribution in [0.4, 0.5) is 4.39 Å². The molecule has 0 heterocycles. The Morgan fingerprint density at radius 2 is 1.90 bits per heavy atom. The van der Waals surface area contributed by atoms with Gasteiger partial charge in [0.15, 0.2) is 0 Å². The third-order valence-electron chi connectivity index (χ3n) is 3.15. The number of rotatable bonds is 5. The first-order chi connectivity index (χ1) is 10.1. The smallest absolute Gasteiger partial charge is 0.224 e. The standard InChI is InChI=1S/C16H16ClFN2O/c17-13-7-4-8-14(18)12(13)9-16(21)20-10-15(19)11-5-2-1-3-6-11/h1-8,15H,9-10,19H2,(H,20,21). The van der Waals surface area contributed by atoms with Crippen LogP contribution in [0, 0.1) is 5.82 Å². The lowest BCUT2D eigenvalue weighted by Crippen LogP contribution is -2.33. The van der Waals surface area contributed by atoms with Crippen LogP contribution in [-0.2, 0) is 11.2 Å². The Balaban J connectivity index is 1.91. The zero-order chi connectivity index (χ0) is 15.2. The van der Waals surface area contributed by atoms with Crippen LogP contribution in [0.15, 0.2) is 48.5 Å². The number of carbonyl (C=O) groups excluding carboxylic acids is 1. The van der Waals surface area contributed by atoms with Crippen molar-refractivity contribution < 1.29 is 9.18 Å². The second kappa shape index (κ2) is 7.20. The maximum absolute atomic E-state index is 13.6. The van der Waals surface area contributed by atoms with Gasteiger partial charge in [-0.3, -0.25) is 4.79 Å². The molecule has 0 aromatic heterocycles. The van der Waals surface area contributed by atoms with Crippen molar-refractivity contribution in [2.24, 2.45) is 5.73 Å². The minimum Gasteiger partial charge on any atom is -0.354 e. The molecule has 3 nitrogen and oxygen atoms in total. The number of hydrogen-bond donors (Lipinski definition) is 2. The number of hydrogen-bond acceptors (Lipinski definition) is 2. The van der Waals surface area contributed by atoms with E-state index in [1.54, 1.807) is 6.07 Å². The molecule has 0 spiro atoms. The summed E-state index contributed by atoms with van der Waals surface area (Å²) in [6.07, 6.45) is -0.104. The summed E-state index contributed by atoms with van der Waals surface area (Å²) < 4.78 is 13.6. The second-order valence-corrected chi connectivity index (χ2v) is 5.11. The molecule has 2 aromatic carbocycles. The van der Waals surface area contributed by atoms with Gasteiger partial charge in [-0.1, -0.05) is 48.0 Å². The molecule has 5 heteroatoms. The molecule has 1 atom stereocenters. The fourth-order valence-electron chi connectivity index (χ4n) is 1.97. The Labute approximate surface area is 127 Å². The van der Waals surface area contributed by atoms with Gasteiger partial charge in [-0.2, -0.15) is 0 Å². The lowest BCUT2D eigenvalue weighted by Gasteiger charge is -2.13. The average Bonchev–Trinajstić information content (AvgIpc) is 2.49. The summed E-state index contributed by atoms with van der Waals surface area (Å²) in [4.78, 5) is 11.9. The van der Waals surface area contributed by atoms with Gasteiger partial charge in [0, 0.05) is 23.2 Å². The van der Waals surface area contributed by atoms with E-state index in [1.165, 1.54) is 12.1 Å². The summed E-state index contributed by atoms with van der Waals surface area (Å²) in [6.45, 7) is 0.287. The minimum absolute atomic E-state index is 0.104. The Bertz CT molecular complexity index is 599. The maximum atomic E-state index is 13.6. The zero-order valence-electron chi connectivity index (χ0n) is 11.4. The van der Waals surface area contributed by atoms with E-state index in [0.29, 0.717) is 0 Å². The summed E-state index contributed by atoms with van der Waals surface area (Å²) in [7, 11) is 0. The summed E-state index contributed by atoms with van der Waals surface area (Å²) in [5.74, 6) is -0.793. The molecule has 3 N–H and O–H groups in total. The van der Waals surface area contributed by atoms with Crippen molar-refractivity contribution in [3.8, 4) is 0 Å². The molecule has 0 aliphatic rings. The molecule has 1 amide bonds. The molecular formula is C16H16ClFN2O. The largest absolute Gasteiger partial charge is 0.354 e. The average molecular weight is 307 g/mol. The molecule has 0 bridgehead atoms. The van der Waals surface area contributed by atoms with Crippen molar-refractivity contribution >= 4 is 17.5 Å². The highest BCUT2D eigenvalue weighted by Gasteiger charge is 2.13. The Kier molecular flexibility index (Phi) is 5.31. The lowest BCUT2D eigenvalue weighted by atomic mass is 10.1. The van der Waals surface area contributed by atoms with Gasteiger partial charge < -0.3 is 11.1 Å². The molecule has 21 heavy (non-hydrogen) atoms. The molecule has 0 saturated carbocycles. The van der Waals surface area contributed by atoms with Gasteiger partial charge in [-0.25, -0.2) is 4.39 Å². The van der Waals surface area contributed by atoms with E-state index in [-0.39, 0.29) is 35.5 Å². The number of carbonyl (C=O) groups is 1. The highest BCUT2D eigenvalue weighted by atomic mass is 35.5. The maximum Gasteiger partial charge on any atom is 0.224 e. The number of benzene rings is 2. The van der Waals surface area contributed by atoms with Crippen LogP contribution in [-0.4, -0.2) is 12.5 Å². The van der Waals surface area contributed by atoms with Crippen LogP contribution in [0.1, 0.15) is 17.2 Å². The predicted octanol–water partition coefficient (Wildman–Crippen LogP) is 2.84. The van der Waals surface area contributed by atoms with E-state index in [4.69, 9.17) is 17.3 Å². The molecule has 2 rings (SSSR count). The van der Waals surface area contributed by atoms with Crippen LogP contribution >= 0.6 is 11.6 Å². The van der Waals surface area contributed by atoms with Crippen LogP contribution in [0.2, 0.25) is 5.02 Å². The molecule has 0 aliphatic carbocycles. The van der Waals surface area contributed by atoms with Gasteiger partial charge >= 0.3 is 0 Å². The van der Waals surface area contributed by atoms with Crippen molar-refractivity contribution in [1.82, 2.24) is 5.32 Å². The molecule has 1 unspecified atom stereocenters. The zero-order valence-corrected chi connectivity index (χ0v) is 12.1. The monoisotopic (exact) mass is 306 g/mol. The van der Waals surface area contributed by atoms with E-state index >= 15 is 0 Å². The van der Waals surface area contributed by atoms with Crippen LogP contribution in [0.25, 0.3) is 0 Å². The normalized spacial score (nSPS) is 12.0. The topological polar surface area (TPSA) is 55.1 Å². The van der Waals surface area contributed by atoms with E-state index in [9.17, 15) is 9.18 Å². The van der Waals surface area contributed by atoms with Crippen LogP contribution in [0.3, 0.4) is 0 Å². The van der Waals surface area contributed by atoms with Gasteiger partial charge in [-0.15, -0.1) is 0 Å². The lowest BCUT2D eigenvalue weighted by molar-refractivity contribution is -0.120. The van der Waals surface area contributed by atoms with E-state index in [2.05, 4.69) is 5.32 Å². The number of nitrogens with one attached hydrogen (secondary N) is 1. The van der Waals surface area contributed by atoms with E-state index in [1.807, 2.05) is 30.3 Å². The van der Waals surface area contributed by atoms with Crippen molar-refractivity contribution in [3.05, 3.63) is 70.5 Å². The number of nitrogens with two attached hydrogens (primary N) is 1. The second-order valence-electron chi connectivity index (χ2n) is 4.70. The fraction of sp³-hybridized carbons (Fsp3) is 0.188. The summed E-state index contributed by atoms with van der Waals surface area (Å²) >= 11 is 5.89. The van der Waals surface area contributed by atoms with Gasteiger partial charge in [-0.05, 0) is 17.7 Å². The van der Waals surface area contributed by atoms with Gasteiger partial charge in [0.1, 0.15) is 5.82 Å². The van der Waals surface area contributed by atoms with Gasteiger partial charge in [0.2, 0.25) is 5.91 Å². The molecule has 0 saturated heterocycles. The molecular weight excluding hydrogens is 291 g/mol. The summed E-state index contributed by atoms with van der Waals surface area (Å²) in [5, 5.41) is 2.94. The summed E-state index contributed by atoms with van der Waals surface area (Å²) in [5.41, 5.74) is 7.11. The first-order valence-electron chi connectivity index (χ1n) is 6.58. The van der Waals surface area contributed by atoms with Crippen molar-refractivity contribution in [1.29, 1.82) is 0 Å². The van der Waals surface area contributed by atoms with E-state index in [0.717, 1.165) is 5.56 Å². The number of amides is 1. The predicted molar refractivity (Wildman–Crippen MR) is 81.5 cm³/mol. The molecule has 2 aromatic rings. The SMILES string of the molecule is NC(CNC(=O)Cc1c(F)cccc1Cl)c1ccccc1. The van der Waals surface area contributed by atoms with Crippen molar-refractivity contribution in [2.45, 2.75) is 12.5 Å². The Morgan fingerprint density at radius 1 is 1.19 bits per heavy atom. The van der Waals surface area contributed by atoms with Gasteiger partial charge in [0.25, 0.3) is 0 Å². The third-order valence-corrected chi connectivity index (χ3v) is 3.50. The molecule has 0 fully saturated rings. The Hall–Kier alpha value is -1.91. The minimum atomic E-state index is -0.481. The highest BCUT2D eigenvalue weighted by Crippen LogP contribution is 2.19.